The average Bonchev–Trinajstić information content (AvgIpc) is 3.02. The lowest BCUT2D eigenvalue weighted by Gasteiger charge is -2.03. The zero-order chi connectivity index (χ0) is 15.8. The summed E-state index contributed by atoms with van der Waals surface area (Å²) in [6.45, 7) is 3.81. The van der Waals surface area contributed by atoms with Crippen molar-refractivity contribution in [3.05, 3.63) is 35.3 Å². The van der Waals surface area contributed by atoms with Crippen LogP contribution in [0.3, 0.4) is 0 Å². The second-order valence-electron chi connectivity index (χ2n) is 4.59. The molecule has 2 aromatic rings. The minimum absolute atomic E-state index is 0. The number of nitrogens with one attached hydrogen (secondary N) is 1. The van der Waals surface area contributed by atoms with Crippen LogP contribution in [0.15, 0.2) is 29.6 Å². The molecule has 0 aliphatic heterocycles. The van der Waals surface area contributed by atoms with Gasteiger partial charge in [-0.15, -0.1) is 23.7 Å². The van der Waals surface area contributed by atoms with Crippen molar-refractivity contribution in [2.45, 2.75) is 13.3 Å². The first-order valence-corrected chi connectivity index (χ1v) is 8.13. The van der Waals surface area contributed by atoms with Crippen LogP contribution in [-0.2, 0) is 4.74 Å². The molecule has 1 N–H and O–H groups in total. The summed E-state index contributed by atoms with van der Waals surface area (Å²) in [6, 6.07) is 7.67. The van der Waals surface area contributed by atoms with Crippen LogP contribution in [0.2, 0.25) is 0 Å². The van der Waals surface area contributed by atoms with Gasteiger partial charge in [0.15, 0.2) is 5.69 Å². The third-order valence-electron chi connectivity index (χ3n) is 2.93. The van der Waals surface area contributed by atoms with E-state index < -0.39 is 0 Å². The number of rotatable bonds is 8. The molecule has 1 aromatic heterocycles. The van der Waals surface area contributed by atoms with E-state index in [0.29, 0.717) is 18.9 Å². The second-order valence-corrected chi connectivity index (χ2v) is 5.45. The highest BCUT2D eigenvalue weighted by atomic mass is 35.5. The third kappa shape index (κ3) is 5.82. The smallest absolute Gasteiger partial charge is 0.357 e. The molecule has 0 saturated heterocycles. The van der Waals surface area contributed by atoms with E-state index in [9.17, 15) is 4.79 Å². The predicted molar refractivity (Wildman–Crippen MR) is 94.8 cm³/mol. The fourth-order valence-corrected chi connectivity index (χ4v) is 2.64. The second kappa shape index (κ2) is 10.2. The molecule has 7 heteroatoms. The first kappa shape index (κ1) is 19.4. The summed E-state index contributed by atoms with van der Waals surface area (Å²) >= 11 is 1.43. The number of hydrogen-bond donors (Lipinski definition) is 1. The molecule has 23 heavy (non-hydrogen) atoms. The topological polar surface area (TPSA) is 60.5 Å². The number of halogens is 1. The van der Waals surface area contributed by atoms with Gasteiger partial charge in [0, 0.05) is 10.9 Å². The Bertz CT molecular complexity index is 602. The van der Waals surface area contributed by atoms with Crippen molar-refractivity contribution in [3.63, 3.8) is 0 Å². The van der Waals surface area contributed by atoms with Crippen LogP contribution in [0.25, 0.3) is 10.6 Å². The van der Waals surface area contributed by atoms with Crippen LogP contribution in [0.1, 0.15) is 23.8 Å². The predicted octanol–water partition coefficient (Wildman–Crippen LogP) is 3.40. The number of hydrogen-bond acceptors (Lipinski definition) is 6. The van der Waals surface area contributed by atoms with Crippen LogP contribution >= 0.6 is 23.7 Å². The molecule has 0 saturated carbocycles. The van der Waals surface area contributed by atoms with E-state index in [0.717, 1.165) is 29.3 Å². The quantitative estimate of drug-likeness (QED) is 0.580. The van der Waals surface area contributed by atoms with Gasteiger partial charge in [-0.05, 0) is 51.2 Å². The van der Waals surface area contributed by atoms with Crippen LogP contribution in [0, 0.1) is 0 Å². The number of carbonyl (C=O) groups is 1. The number of thiazole rings is 1. The molecule has 0 aliphatic carbocycles. The molecule has 0 bridgehead atoms. The van der Waals surface area contributed by atoms with Gasteiger partial charge < -0.3 is 14.8 Å². The number of ether oxygens (including phenoxy) is 2. The number of carbonyl (C=O) groups excluding carboxylic acids is 1. The lowest BCUT2D eigenvalue weighted by molar-refractivity contribution is 0.0495. The normalized spacial score (nSPS) is 10.0. The van der Waals surface area contributed by atoms with Crippen molar-refractivity contribution >= 4 is 29.7 Å². The van der Waals surface area contributed by atoms with Gasteiger partial charge in [0.1, 0.15) is 10.8 Å². The summed E-state index contributed by atoms with van der Waals surface area (Å²) in [5, 5.41) is 5.53. The molecule has 0 aliphatic rings. The van der Waals surface area contributed by atoms with Crippen LogP contribution in [0.4, 0.5) is 0 Å². The van der Waals surface area contributed by atoms with Crippen molar-refractivity contribution in [3.8, 4) is 16.3 Å². The first-order chi connectivity index (χ1) is 10.7. The Kier molecular flexibility index (Phi) is 8.61. The maximum atomic E-state index is 11.9. The van der Waals surface area contributed by atoms with Crippen LogP contribution < -0.4 is 10.1 Å². The maximum Gasteiger partial charge on any atom is 0.357 e. The summed E-state index contributed by atoms with van der Waals surface area (Å²) in [4.78, 5) is 16.2. The number of aromatic nitrogens is 1. The molecular formula is C16H21ClN2O3S. The summed E-state index contributed by atoms with van der Waals surface area (Å²) in [7, 11) is 1.87. The summed E-state index contributed by atoms with van der Waals surface area (Å²) < 4.78 is 10.6. The lowest BCUT2D eigenvalue weighted by atomic mass is 10.2. The van der Waals surface area contributed by atoms with Crippen molar-refractivity contribution in [1.29, 1.82) is 0 Å². The Balaban J connectivity index is 0.00000264. The van der Waals surface area contributed by atoms with Gasteiger partial charge in [-0.3, -0.25) is 0 Å². The van der Waals surface area contributed by atoms with Crippen molar-refractivity contribution < 1.29 is 14.3 Å². The monoisotopic (exact) mass is 356 g/mol. The van der Waals surface area contributed by atoms with Crippen LogP contribution in [0.5, 0.6) is 5.75 Å². The van der Waals surface area contributed by atoms with E-state index >= 15 is 0 Å². The van der Waals surface area contributed by atoms with Gasteiger partial charge in [-0.25, -0.2) is 9.78 Å². The van der Waals surface area contributed by atoms with Crippen molar-refractivity contribution in [2.24, 2.45) is 0 Å². The molecule has 1 heterocycles. The summed E-state index contributed by atoms with van der Waals surface area (Å²) in [5.74, 6) is 0.455. The average molecular weight is 357 g/mol. The molecule has 0 amide bonds. The minimum atomic E-state index is -0.371. The SMILES string of the molecule is CCOc1ccc(-c2nc(C(=O)OCCCNC)cs2)cc1.Cl. The number of nitrogens with zero attached hydrogens (tertiary/aromatic N) is 1. The molecular weight excluding hydrogens is 336 g/mol. The number of esters is 1. The molecule has 0 fully saturated rings. The van der Waals surface area contributed by atoms with E-state index in [4.69, 9.17) is 9.47 Å². The molecule has 2 rings (SSSR count). The van der Waals surface area contributed by atoms with Crippen molar-refractivity contribution in [1.82, 2.24) is 10.3 Å². The summed E-state index contributed by atoms with van der Waals surface area (Å²) in [5.41, 5.74) is 1.32. The Morgan fingerprint density at radius 3 is 2.70 bits per heavy atom. The maximum absolute atomic E-state index is 11.9. The molecule has 0 radical (unpaired) electrons. The first-order valence-electron chi connectivity index (χ1n) is 7.25. The highest BCUT2D eigenvalue weighted by Gasteiger charge is 2.13. The zero-order valence-electron chi connectivity index (χ0n) is 13.2. The van der Waals surface area contributed by atoms with Gasteiger partial charge in [-0.2, -0.15) is 0 Å². The van der Waals surface area contributed by atoms with Gasteiger partial charge >= 0.3 is 5.97 Å². The fourth-order valence-electron chi connectivity index (χ4n) is 1.85. The van der Waals surface area contributed by atoms with Gasteiger partial charge in [0.05, 0.1) is 13.2 Å². The largest absolute Gasteiger partial charge is 0.494 e. The highest BCUT2D eigenvalue weighted by Crippen LogP contribution is 2.26. The fraction of sp³-hybridized carbons (Fsp3) is 0.375. The van der Waals surface area contributed by atoms with E-state index in [1.807, 2.05) is 38.2 Å². The Morgan fingerprint density at radius 2 is 2.04 bits per heavy atom. The van der Waals surface area contributed by atoms with Crippen LogP contribution in [-0.4, -0.2) is 37.8 Å². The molecule has 5 nitrogen and oxygen atoms in total. The zero-order valence-corrected chi connectivity index (χ0v) is 14.8. The van der Waals surface area contributed by atoms with Crippen molar-refractivity contribution in [2.75, 3.05) is 26.8 Å². The van der Waals surface area contributed by atoms with E-state index in [1.165, 1.54) is 11.3 Å². The molecule has 0 atom stereocenters. The Morgan fingerprint density at radius 1 is 1.30 bits per heavy atom. The highest BCUT2D eigenvalue weighted by molar-refractivity contribution is 7.13. The molecule has 1 aromatic carbocycles. The molecule has 0 unspecified atom stereocenters. The Labute approximate surface area is 146 Å². The standard InChI is InChI=1S/C16H20N2O3S.ClH/c1-3-20-13-7-5-12(6-8-13)15-18-14(11-22-15)16(19)21-10-4-9-17-2;/h5-8,11,17H,3-4,9-10H2,1-2H3;1H. The van der Waals surface area contributed by atoms with Gasteiger partial charge in [-0.1, -0.05) is 0 Å². The van der Waals surface area contributed by atoms with Gasteiger partial charge in [0.25, 0.3) is 0 Å². The molecule has 126 valence electrons. The third-order valence-corrected chi connectivity index (χ3v) is 3.82. The summed E-state index contributed by atoms with van der Waals surface area (Å²) in [6.07, 6.45) is 0.790. The minimum Gasteiger partial charge on any atom is -0.494 e. The van der Waals surface area contributed by atoms with E-state index in [-0.39, 0.29) is 18.4 Å². The molecule has 0 spiro atoms. The van der Waals surface area contributed by atoms with E-state index in [2.05, 4.69) is 10.3 Å². The van der Waals surface area contributed by atoms with Gasteiger partial charge in [0.2, 0.25) is 0 Å². The number of benzene rings is 1. The lowest BCUT2D eigenvalue weighted by Crippen LogP contribution is -2.13. The van der Waals surface area contributed by atoms with E-state index in [1.54, 1.807) is 5.38 Å². The Hall–Kier alpha value is -1.63.